The normalized spacial score (nSPS) is 12.8. The quantitative estimate of drug-likeness (QED) is 0.586. The lowest BCUT2D eigenvalue weighted by Gasteiger charge is -2.18. The molecule has 4 rings (SSSR count). The van der Waals surface area contributed by atoms with Crippen LogP contribution in [0.2, 0.25) is 0 Å². The van der Waals surface area contributed by atoms with E-state index in [0.29, 0.717) is 0 Å². The fourth-order valence-corrected chi connectivity index (χ4v) is 4.16. The summed E-state index contributed by atoms with van der Waals surface area (Å²) in [5.74, 6) is 1.53. The van der Waals surface area contributed by atoms with Gasteiger partial charge < -0.3 is 18.9 Å². The molecule has 1 aliphatic rings. The number of benzene rings is 1. The first-order valence-corrected chi connectivity index (χ1v) is 9.62. The van der Waals surface area contributed by atoms with Gasteiger partial charge in [-0.3, -0.25) is 0 Å². The van der Waals surface area contributed by atoms with E-state index in [0.717, 1.165) is 50.3 Å². The van der Waals surface area contributed by atoms with Gasteiger partial charge in [0.05, 0.1) is 11.9 Å². The molecule has 7 nitrogen and oxygen atoms in total. The average molecular weight is 422 g/mol. The van der Waals surface area contributed by atoms with Gasteiger partial charge in [-0.15, -0.1) is 0 Å². The van der Waals surface area contributed by atoms with E-state index in [1.807, 2.05) is 26.2 Å². The van der Waals surface area contributed by atoms with Gasteiger partial charge in [0.1, 0.15) is 11.8 Å². The van der Waals surface area contributed by atoms with Crippen molar-refractivity contribution in [2.75, 3.05) is 31.1 Å². The second-order valence-corrected chi connectivity index (χ2v) is 7.44. The van der Waals surface area contributed by atoms with Crippen LogP contribution in [0, 0.1) is 0 Å². The monoisotopic (exact) mass is 421 g/mol. The summed E-state index contributed by atoms with van der Waals surface area (Å²) in [6, 6.07) is 4.01. The highest BCUT2D eigenvalue weighted by Crippen LogP contribution is 2.44. The fourth-order valence-electron chi connectivity index (χ4n) is 2.66. The smallest absolute Gasteiger partial charge is 0.231 e. The first-order chi connectivity index (χ1) is 12.2. The Hall–Kier alpha value is -2.00. The molecule has 25 heavy (non-hydrogen) atoms. The lowest BCUT2D eigenvalue weighted by atomic mass is 10.2. The zero-order valence-electron chi connectivity index (χ0n) is 13.8. The van der Waals surface area contributed by atoms with Gasteiger partial charge in [-0.1, -0.05) is 15.9 Å². The molecule has 0 bridgehead atoms. The van der Waals surface area contributed by atoms with E-state index in [9.17, 15) is 0 Å². The highest BCUT2D eigenvalue weighted by Gasteiger charge is 2.21. The fraction of sp³-hybridized carbons (Fsp3) is 0.312. The SMILES string of the molecule is CN(C)c1cc2c(cc1Sc1nc3cncnc3n1CCBr)OCO2. The highest BCUT2D eigenvalue weighted by atomic mass is 79.9. The van der Waals surface area contributed by atoms with E-state index < -0.39 is 0 Å². The minimum atomic E-state index is 0.258. The van der Waals surface area contributed by atoms with Gasteiger partial charge in [-0.25, -0.2) is 15.0 Å². The summed E-state index contributed by atoms with van der Waals surface area (Å²) in [5, 5.41) is 1.69. The summed E-state index contributed by atoms with van der Waals surface area (Å²) in [4.78, 5) is 16.3. The van der Waals surface area contributed by atoms with Crippen LogP contribution in [0.4, 0.5) is 5.69 Å². The molecule has 0 atom stereocenters. The number of rotatable bonds is 5. The number of hydrogen-bond donors (Lipinski definition) is 0. The van der Waals surface area contributed by atoms with Crippen molar-refractivity contribution in [2.24, 2.45) is 0 Å². The third-order valence-corrected chi connectivity index (χ3v) is 5.22. The van der Waals surface area contributed by atoms with Crippen LogP contribution < -0.4 is 14.4 Å². The number of halogens is 1. The molecule has 0 amide bonds. The molecule has 2 aromatic heterocycles. The number of nitrogens with zero attached hydrogens (tertiary/aromatic N) is 5. The highest BCUT2D eigenvalue weighted by molar-refractivity contribution is 9.09. The predicted octanol–water partition coefficient (Wildman–Crippen LogP) is 3.17. The van der Waals surface area contributed by atoms with E-state index in [2.05, 4.69) is 35.4 Å². The number of alkyl halides is 1. The van der Waals surface area contributed by atoms with Crippen molar-refractivity contribution in [1.29, 1.82) is 0 Å². The zero-order chi connectivity index (χ0) is 17.4. The molecule has 0 N–H and O–H groups in total. The van der Waals surface area contributed by atoms with Crippen molar-refractivity contribution in [3.8, 4) is 11.5 Å². The molecule has 1 aromatic carbocycles. The van der Waals surface area contributed by atoms with Crippen LogP contribution >= 0.6 is 27.7 Å². The van der Waals surface area contributed by atoms with Crippen molar-refractivity contribution >= 4 is 44.5 Å². The first kappa shape index (κ1) is 16.5. The maximum Gasteiger partial charge on any atom is 0.231 e. The minimum absolute atomic E-state index is 0.258. The van der Waals surface area contributed by atoms with Crippen LogP contribution in [0.1, 0.15) is 0 Å². The van der Waals surface area contributed by atoms with Gasteiger partial charge in [-0.2, -0.15) is 0 Å². The number of aromatic nitrogens is 4. The Morgan fingerprint density at radius 3 is 2.84 bits per heavy atom. The van der Waals surface area contributed by atoms with Crippen molar-refractivity contribution in [3.63, 3.8) is 0 Å². The molecule has 9 heteroatoms. The molecule has 0 fully saturated rings. The predicted molar refractivity (Wildman–Crippen MR) is 100 cm³/mol. The van der Waals surface area contributed by atoms with Crippen LogP contribution in [-0.4, -0.2) is 45.7 Å². The Morgan fingerprint density at radius 2 is 2.08 bits per heavy atom. The Bertz CT molecular complexity index is 930. The second kappa shape index (κ2) is 6.72. The largest absolute Gasteiger partial charge is 0.454 e. The van der Waals surface area contributed by atoms with Gasteiger partial charge in [-0.05, 0) is 11.8 Å². The molecule has 0 aliphatic carbocycles. The molecular formula is C16H16BrN5O2S. The summed E-state index contributed by atoms with van der Waals surface area (Å²) in [6.45, 7) is 1.03. The lowest BCUT2D eigenvalue weighted by Crippen LogP contribution is -2.10. The van der Waals surface area contributed by atoms with Crippen LogP contribution in [-0.2, 0) is 6.54 Å². The van der Waals surface area contributed by atoms with Gasteiger partial charge in [0.2, 0.25) is 6.79 Å². The molecule has 0 unspecified atom stereocenters. The third kappa shape index (κ3) is 3.02. The molecule has 3 aromatic rings. The first-order valence-electron chi connectivity index (χ1n) is 7.68. The maximum atomic E-state index is 5.54. The second-order valence-electron chi connectivity index (χ2n) is 5.64. The average Bonchev–Trinajstić information content (AvgIpc) is 3.19. The number of imidazole rings is 1. The molecular weight excluding hydrogens is 406 g/mol. The Balaban J connectivity index is 1.80. The van der Waals surface area contributed by atoms with E-state index in [1.54, 1.807) is 24.3 Å². The van der Waals surface area contributed by atoms with Crippen LogP contribution in [0.5, 0.6) is 11.5 Å². The van der Waals surface area contributed by atoms with Crippen molar-refractivity contribution in [2.45, 2.75) is 16.6 Å². The van der Waals surface area contributed by atoms with Gasteiger partial charge in [0.25, 0.3) is 0 Å². The Kier molecular flexibility index (Phi) is 4.43. The van der Waals surface area contributed by atoms with Crippen molar-refractivity contribution in [3.05, 3.63) is 24.7 Å². The summed E-state index contributed by atoms with van der Waals surface area (Å²) in [5.41, 5.74) is 2.68. The minimum Gasteiger partial charge on any atom is -0.454 e. The summed E-state index contributed by atoms with van der Waals surface area (Å²) in [7, 11) is 4.02. The number of fused-ring (bicyclic) bond motifs is 2. The molecule has 3 heterocycles. The number of aryl methyl sites for hydroxylation is 1. The topological polar surface area (TPSA) is 65.3 Å². The summed E-state index contributed by atoms with van der Waals surface area (Å²) >= 11 is 5.10. The van der Waals surface area contributed by atoms with E-state index >= 15 is 0 Å². The van der Waals surface area contributed by atoms with Gasteiger partial charge >= 0.3 is 0 Å². The van der Waals surface area contributed by atoms with Gasteiger partial charge in [0, 0.05) is 43.0 Å². The summed E-state index contributed by atoms with van der Waals surface area (Å²) in [6.07, 6.45) is 3.29. The van der Waals surface area contributed by atoms with Gasteiger partial charge in [0.15, 0.2) is 22.3 Å². The van der Waals surface area contributed by atoms with Crippen molar-refractivity contribution < 1.29 is 9.47 Å². The van der Waals surface area contributed by atoms with E-state index in [4.69, 9.17) is 14.5 Å². The van der Waals surface area contributed by atoms with Crippen molar-refractivity contribution in [1.82, 2.24) is 19.5 Å². The van der Waals surface area contributed by atoms with E-state index in [-0.39, 0.29) is 6.79 Å². The maximum absolute atomic E-state index is 5.54. The zero-order valence-corrected chi connectivity index (χ0v) is 16.2. The van der Waals surface area contributed by atoms with Crippen LogP contribution in [0.15, 0.2) is 34.7 Å². The molecule has 0 radical (unpaired) electrons. The van der Waals surface area contributed by atoms with Crippen LogP contribution in [0.25, 0.3) is 11.2 Å². The molecule has 130 valence electrons. The Morgan fingerprint density at radius 1 is 1.28 bits per heavy atom. The molecule has 0 saturated heterocycles. The third-order valence-electron chi connectivity index (χ3n) is 3.82. The Labute approximate surface area is 157 Å². The van der Waals surface area contributed by atoms with Crippen LogP contribution in [0.3, 0.4) is 0 Å². The van der Waals surface area contributed by atoms with E-state index in [1.165, 1.54) is 0 Å². The molecule has 1 aliphatic heterocycles. The molecule has 0 spiro atoms. The number of hydrogen-bond acceptors (Lipinski definition) is 7. The standard InChI is InChI=1S/C16H16BrN5O2S/c1-21(2)11-5-12-13(24-9-23-12)6-14(11)25-16-20-10-7-18-8-19-15(10)22(16)4-3-17/h5-8H,3-4,9H2,1-2H3. The molecule has 0 saturated carbocycles. The number of anilines is 1. The number of ether oxygens (including phenoxy) is 2. The summed E-state index contributed by atoms with van der Waals surface area (Å²) < 4.78 is 13.1. The lowest BCUT2D eigenvalue weighted by molar-refractivity contribution is 0.174.